The second-order valence-corrected chi connectivity index (χ2v) is 7.66. The Hall–Kier alpha value is -2.10. The first-order chi connectivity index (χ1) is 11.8. The fourth-order valence-electron chi connectivity index (χ4n) is 4.04. The molecule has 0 unspecified atom stereocenters. The monoisotopic (exact) mass is 340 g/mol. The summed E-state index contributed by atoms with van der Waals surface area (Å²) in [5, 5.41) is 3.04. The Morgan fingerprint density at radius 3 is 2.68 bits per heavy atom. The maximum Gasteiger partial charge on any atom is 0.228 e. The molecular weight excluding hydrogens is 310 g/mol. The van der Waals surface area contributed by atoms with Gasteiger partial charge in [-0.3, -0.25) is 9.36 Å². The highest BCUT2D eigenvalue weighted by Gasteiger charge is 2.36. The van der Waals surface area contributed by atoms with Gasteiger partial charge in [0.05, 0.1) is 5.69 Å². The number of fused-ring (bicyclic) bond motifs is 2. The Bertz CT molecular complexity index is 818. The van der Waals surface area contributed by atoms with Crippen LogP contribution in [0.2, 0.25) is 0 Å². The van der Waals surface area contributed by atoms with E-state index in [2.05, 4.69) is 54.3 Å². The van der Waals surface area contributed by atoms with Crippen molar-refractivity contribution in [3.63, 3.8) is 0 Å². The van der Waals surface area contributed by atoms with Crippen LogP contribution in [-0.4, -0.2) is 27.3 Å². The highest BCUT2D eigenvalue weighted by Crippen LogP contribution is 2.38. The Morgan fingerprint density at radius 1 is 1.28 bits per heavy atom. The van der Waals surface area contributed by atoms with E-state index in [0.717, 1.165) is 26.1 Å². The predicted octanol–water partition coefficient (Wildman–Crippen LogP) is 3.77. The Morgan fingerprint density at radius 2 is 2.00 bits per heavy atom. The summed E-state index contributed by atoms with van der Waals surface area (Å²) in [4.78, 5) is 11.8. The van der Waals surface area contributed by atoms with Crippen LogP contribution in [0.25, 0.3) is 5.57 Å². The van der Waals surface area contributed by atoms with Gasteiger partial charge in [0.15, 0.2) is 5.71 Å². The molecule has 134 valence electrons. The van der Waals surface area contributed by atoms with Crippen molar-refractivity contribution in [2.24, 2.45) is 5.92 Å². The molecule has 1 aromatic rings. The van der Waals surface area contributed by atoms with Crippen LogP contribution in [0.5, 0.6) is 0 Å². The fourth-order valence-corrected chi connectivity index (χ4v) is 4.04. The molecule has 0 aliphatic carbocycles. The van der Waals surface area contributed by atoms with Crippen LogP contribution in [0.15, 0.2) is 23.4 Å². The second kappa shape index (κ2) is 6.66. The lowest BCUT2D eigenvalue weighted by Gasteiger charge is -2.22. The van der Waals surface area contributed by atoms with E-state index in [1.54, 1.807) is 0 Å². The van der Waals surface area contributed by atoms with E-state index in [1.807, 2.05) is 13.8 Å². The van der Waals surface area contributed by atoms with Crippen LogP contribution in [0.1, 0.15) is 57.5 Å². The van der Waals surface area contributed by atoms with Crippen molar-refractivity contribution in [1.29, 1.82) is 0 Å². The van der Waals surface area contributed by atoms with E-state index in [4.69, 9.17) is 0 Å². The number of carbonyl (C=O) groups is 1. The molecule has 0 atom stereocenters. The zero-order chi connectivity index (χ0) is 18.3. The molecule has 2 aliphatic heterocycles. The molecule has 3 heterocycles. The summed E-state index contributed by atoms with van der Waals surface area (Å²) in [6.07, 6.45) is 4.22. The molecule has 1 aromatic heterocycles. The molecule has 4 heteroatoms. The molecule has 0 spiro atoms. The predicted molar refractivity (Wildman–Crippen MR) is 103 cm³/mol. The minimum Gasteiger partial charge on any atom is -0.356 e. The van der Waals surface area contributed by atoms with Gasteiger partial charge in [-0.05, 0) is 45.2 Å². The molecule has 4 nitrogen and oxygen atoms in total. The lowest BCUT2D eigenvalue weighted by Crippen LogP contribution is -2.29. The molecule has 0 aromatic carbocycles. The summed E-state index contributed by atoms with van der Waals surface area (Å²) in [6, 6.07) is 2.28. The first-order valence-corrected chi connectivity index (χ1v) is 9.29. The Labute approximate surface area is 150 Å². The average molecular weight is 340 g/mol. The molecule has 0 radical (unpaired) electrons. The minimum atomic E-state index is 0.0478. The number of amides is 1. The Balaban J connectivity index is 1.89. The van der Waals surface area contributed by atoms with Crippen LogP contribution in [-0.2, 0) is 11.5 Å². The number of nitrogens with one attached hydrogen (secondary N) is 1. The van der Waals surface area contributed by atoms with Crippen LogP contribution in [0.4, 0.5) is 0 Å². The van der Waals surface area contributed by atoms with Crippen molar-refractivity contribution in [3.05, 3.63) is 40.4 Å². The van der Waals surface area contributed by atoms with E-state index in [-0.39, 0.29) is 11.8 Å². The first-order valence-electron chi connectivity index (χ1n) is 9.29. The minimum absolute atomic E-state index is 0.0478. The first kappa shape index (κ1) is 17.7. The molecule has 0 bridgehead atoms. The van der Waals surface area contributed by atoms with Gasteiger partial charge in [-0.25, -0.2) is 0 Å². The van der Waals surface area contributed by atoms with E-state index in [0.29, 0.717) is 0 Å². The fraction of sp³-hybridized carbons (Fsp3) is 0.524. The SMILES string of the molecule is CC1=CC(C)=[N+]2Cn3c(C)cc(C)c3C(CCCNC(=O)C(C)C)=C12. The molecule has 0 fully saturated rings. The quantitative estimate of drug-likeness (QED) is 0.643. The van der Waals surface area contributed by atoms with Crippen molar-refractivity contribution < 1.29 is 9.37 Å². The molecule has 0 saturated carbocycles. The number of hydrogen-bond acceptors (Lipinski definition) is 1. The number of hydrogen-bond donors (Lipinski definition) is 1. The zero-order valence-electron chi connectivity index (χ0n) is 16.4. The average Bonchev–Trinajstić information content (AvgIpc) is 2.99. The van der Waals surface area contributed by atoms with Crippen LogP contribution < -0.4 is 5.32 Å². The van der Waals surface area contributed by atoms with E-state index < -0.39 is 0 Å². The van der Waals surface area contributed by atoms with Crippen molar-refractivity contribution in [3.8, 4) is 0 Å². The van der Waals surface area contributed by atoms with Crippen LogP contribution in [0, 0.1) is 19.8 Å². The van der Waals surface area contributed by atoms with Crippen LogP contribution >= 0.6 is 0 Å². The van der Waals surface area contributed by atoms with Gasteiger partial charge in [0.2, 0.25) is 18.3 Å². The maximum absolute atomic E-state index is 11.8. The van der Waals surface area contributed by atoms with E-state index >= 15 is 0 Å². The lowest BCUT2D eigenvalue weighted by atomic mass is 9.97. The lowest BCUT2D eigenvalue weighted by molar-refractivity contribution is -0.506. The highest BCUT2D eigenvalue weighted by atomic mass is 16.1. The van der Waals surface area contributed by atoms with Gasteiger partial charge in [-0.2, -0.15) is 4.58 Å². The van der Waals surface area contributed by atoms with Gasteiger partial charge < -0.3 is 5.32 Å². The summed E-state index contributed by atoms with van der Waals surface area (Å²) in [7, 11) is 0. The van der Waals surface area contributed by atoms with Crippen molar-refractivity contribution >= 4 is 17.2 Å². The third kappa shape index (κ3) is 3.10. The van der Waals surface area contributed by atoms with Gasteiger partial charge >= 0.3 is 0 Å². The summed E-state index contributed by atoms with van der Waals surface area (Å²) in [5.41, 5.74) is 9.50. The van der Waals surface area contributed by atoms with Gasteiger partial charge in [0.1, 0.15) is 0 Å². The standard InChI is InChI=1S/C21H29N3O/c1-13(2)21(25)22-9-7-8-18-19-14(3)10-16(5)23(19)12-24-17(6)11-15(4)20(18)24/h10-11,13H,7-9,12H2,1-6H3/p+1. The van der Waals surface area contributed by atoms with E-state index in [9.17, 15) is 4.79 Å². The molecule has 1 N–H and O–H groups in total. The van der Waals surface area contributed by atoms with Crippen LogP contribution in [0.3, 0.4) is 0 Å². The van der Waals surface area contributed by atoms with Crippen molar-refractivity contribution in [2.45, 2.75) is 61.1 Å². The van der Waals surface area contributed by atoms with Crippen molar-refractivity contribution in [2.75, 3.05) is 6.54 Å². The maximum atomic E-state index is 11.8. The third-order valence-corrected chi connectivity index (χ3v) is 5.27. The molecule has 2 aliphatic rings. The molecule has 0 saturated heterocycles. The zero-order valence-corrected chi connectivity index (χ0v) is 16.4. The summed E-state index contributed by atoms with van der Waals surface area (Å²) in [6.45, 7) is 14.3. The van der Waals surface area contributed by atoms with Gasteiger partial charge in [-0.1, -0.05) is 13.8 Å². The van der Waals surface area contributed by atoms with Gasteiger partial charge in [0, 0.05) is 42.3 Å². The highest BCUT2D eigenvalue weighted by molar-refractivity contribution is 5.94. The topological polar surface area (TPSA) is 37.0 Å². The largest absolute Gasteiger partial charge is 0.356 e. The number of nitrogens with zero attached hydrogens (tertiary/aromatic N) is 2. The third-order valence-electron chi connectivity index (χ3n) is 5.27. The molecule has 25 heavy (non-hydrogen) atoms. The number of rotatable bonds is 5. The van der Waals surface area contributed by atoms with E-state index in [1.165, 1.54) is 39.5 Å². The second-order valence-electron chi connectivity index (χ2n) is 7.66. The number of allylic oxidation sites excluding steroid dienone is 3. The number of aromatic nitrogens is 1. The molecular formula is C21H30N3O+. The number of carbonyl (C=O) groups excluding carboxylic acids is 1. The molecule has 1 amide bonds. The number of aryl methyl sites for hydroxylation is 2. The Kier molecular flexibility index (Phi) is 4.72. The molecule has 3 rings (SSSR count). The summed E-state index contributed by atoms with van der Waals surface area (Å²) in [5.74, 6) is 0.186. The smallest absolute Gasteiger partial charge is 0.228 e. The van der Waals surface area contributed by atoms with Gasteiger partial charge in [0.25, 0.3) is 0 Å². The van der Waals surface area contributed by atoms with Crippen molar-refractivity contribution in [1.82, 2.24) is 9.88 Å². The summed E-state index contributed by atoms with van der Waals surface area (Å²) < 4.78 is 4.85. The summed E-state index contributed by atoms with van der Waals surface area (Å²) >= 11 is 0. The normalized spacial score (nSPS) is 16.4. The van der Waals surface area contributed by atoms with Gasteiger partial charge in [-0.15, -0.1) is 0 Å².